The van der Waals surface area contributed by atoms with E-state index in [0.717, 1.165) is 19.4 Å². The van der Waals surface area contributed by atoms with Crippen molar-refractivity contribution in [3.8, 4) is 0 Å². The van der Waals surface area contributed by atoms with E-state index in [9.17, 15) is 10.1 Å². The molecule has 92 valence electrons. The number of anilines is 1. The van der Waals surface area contributed by atoms with Crippen LogP contribution >= 0.6 is 11.6 Å². The van der Waals surface area contributed by atoms with E-state index in [2.05, 4.69) is 15.6 Å². The lowest BCUT2D eigenvalue weighted by atomic mass is 10.2. The van der Waals surface area contributed by atoms with E-state index in [4.69, 9.17) is 11.6 Å². The first-order valence-electron chi connectivity index (χ1n) is 5.44. The molecule has 0 aromatic carbocycles. The van der Waals surface area contributed by atoms with Crippen molar-refractivity contribution in [1.29, 1.82) is 0 Å². The van der Waals surface area contributed by atoms with E-state index >= 15 is 0 Å². The Balaban J connectivity index is 2.06. The number of aromatic nitrogens is 1. The minimum absolute atomic E-state index is 0.0875. The molecule has 1 aromatic heterocycles. The van der Waals surface area contributed by atoms with Gasteiger partial charge in [-0.1, -0.05) is 11.6 Å². The fraction of sp³-hybridized carbons (Fsp3) is 0.500. The van der Waals surface area contributed by atoms with Gasteiger partial charge in [-0.2, -0.15) is 0 Å². The zero-order valence-electron chi connectivity index (χ0n) is 9.15. The van der Waals surface area contributed by atoms with Gasteiger partial charge in [-0.3, -0.25) is 10.1 Å². The average molecular weight is 257 g/mol. The minimum atomic E-state index is -0.483. The molecule has 1 aliphatic rings. The molecule has 2 N–H and O–H groups in total. The molecule has 1 saturated heterocycles. The van der Waals surface area contributed by atoms with E-state index in [1.807, 2.05) is 0 Å². The normalized spacial score (nSPS) is 19.2. The smallest absolute Gasteiger partial charge is 0.312 e. The highest BCUT2D eigenvalue weighted by Crippen LogP contribution is 2.25. The Kier molecular flexibility index (Phi) is 3.75. The Morgan fingerprint density at radius 3 is 3.18 bits per heavy atom. The molecule has 0 spiro atoms. The maximum absolute atomic E-state index is 10.8. The predicted octanol–water partition coefficient (Wildman–Crippen LogP) is 1.81. The van der Waals surface area contributed by atoms with Gasteiger partial charge >= 0.3 is 5.69 Å². The number of nitrogens with zero attached hydrogens (tertiary/aromatic N) is 2. The third kappa shape index (κ3) is 3.04. The van der Waals surface area contributed by atoms with E-state index in [1.54, 1.807) is 0 Å². The standard InChI is InChI=1S/C10H13ClN4O2/c11-7-4-9(15(16)17)10(13-5-7)14-6-8-2-1-3-12-8/h4-5,8,12H,1-3,6H2,(H,13,14). The van der Waals surface area contributed by atoms with Crippen molar-refractivity contribution in [3.63, 3.8) is 0 Å². The van der Waals surface area contributed by atoms with Crippen LogP contribution in [-0.4, -0.2) is 29.0 Å². The molecule has 2 heterocycles. The summed E-state index contributed by atoms with van der Waals surface area (Å²) in [6, 6.07) is 1.66. The zero-order chi connectivity index (χ0) is 12.3. The molecule has 6 nitrogen and oxygen atoms in total. The molecule has 0 radical (unpaired) electrons. The summed E-state index contributed by atoms with van der Waals surface area (Å²) in [5.41, 5.74) is -0.0875. The van der Waals surface area contributed by atoms with Gasteiger partial charge in [-0.05, 0) is 19.4 Å². The van der Waals surface area contributed by atoms with Gasteiger partial charge in [0.2, 0.25) is 5.82 Å². The maximum atomic E-state index is 10.8. The molecule has 17 heavy (non-hydrogen) atoms. The molecule has 1 aromatic rings. The van der Waals surface area contributed by atoms with Crippen molar-refractivity contribution >= 4 is 23.1 Å². The van der Waals surface area contributed by atoms with Gasteiger partial charge < -0.3 is 10.6 Å². The molecule has 1 aliphatic heterocycles. The molecule has 1 fully saturated rings. The summed E-state index contributed by atoms with van der Waals surface area (Å²) < 4.78 is 0. The van der Waals surface area contributed by atoms with Gasteiger partial charge in [-0.15, -0.1) is 0 Å². The van der Waals surface area contributed by atoms with Crippen molar-refractivity contribution in [2.75, 3.05) is 18.4 Å². The van der Waals surface area contributed by atoms with Crippen molar-refractivity contribution in [2.45, 2.75) is 18.9 Å². The molecule has 2 rings (SSSR count). The first kappa shape index (κ1) is 12.1. The summed E-state index contributed by atoms with van der Waals surface area (Å²) in [5, 5.41) is 17.4. The van der Waals surface area contributed by atoms with Crippen molar-refractivity contribution < 1.29 is 4.92 Å². The lowest BCUT2D eigenvalue weighted by Gasteiger charge is -2.11. The topological polar surface area (TPSA) is 80.1 Å². The lowest BCUT2D eigenvalue weighted by molar-refractivity contribution is -0.384. The summed E-state index contributed by atoms with van der Waals surface area (Å²) >= 11 is 5.68. The zero-order valence-corrected chi connectivity index (χ0v) is 9.91. The number of nitrogens with one attached hydrogen (secondary N) is 2. The van der Waals surface area contributed by atoms with Crippen LogP contribution in [0.1, 0.15) is 12.8 Å². The number of pyridine rings is 1. The van der Waals surface area contributed by atoms with Crippen molar-refractivity contribution in [1.82, 2.24) is 10.3 Å². The number of hydrogen-bond acceptors (Lipinski definition) is 5. The van der Waals surface area contributed by atoms with Crippen LogP contribution in [0.4, 0.5) is 11.5 Å². The van der Waals surface area contributed by atoms with Gasteiger partial charge in [0.15, 0.2) is 0 Å². The minimum Gasteiger partial charge on any atom is -0.363 e. The maximum Gasteiger partial charge on any atom is 0.312 e. The largest absolute Gasteiger partial charge is 0.363 e. The van der Waals surface area contributed by atoms with Crippen LogP contribution in [0.15, 0.2) is 12.3 Å². The van der Waals surface area contributed by atoms with E-state index in [-0.39, 0.29) is 16.5 Å². The highest BCUT2D eigenvalue weighted by Gasteiger charge is 2.18. The first-order valence-corrected chi connectivity index (χ1v) is 5.82. The van der Waals surface area contributed by atoms with Crippen LogP contribution in [0.3, 0.4) is 0 Å². The van der Waals surface area contributed by atoms with Gasteiger partial charge in [0.25, 0.3) is 0 Å². The second-order valence-corrected chi connectivity index (χ2v) is 4.39. The number of hydrogen-bond donors (Lipinski definition) is 2. The predicted molar refractivity (Wildman–Crippen MR) is 65.4 cm³/mol. The molecule has 1 atom stereocenters. The Hall–Kier alpha value is -1.40. The molecule has 7 heteroatoms. The third-order valence-corrected chi connectivity index (χ3v) is 2.92. The van der Waals surface area contributed by atoms with Crippen LogP contribution in [0.2, 0.25) is 5.02 Å². The summed E-state index contributed by atoms with van der Waals surface area (Å²) in [6.45, 7) is 1.64. The Bertz CT molecular complexity index is 421. The van der Waals surface area contributed by atoms with Crippen LogP contribution in [-0.2, 0) is 0 Å². The van der Waals surface area contributed by atoms with Gasteiger partial charge in [0, 0.05) is 24.8 Å². The molecular formula is C10H13ClN4O2. The number of halogens is 1. The van der Waals surface area contributed by atoms with Crippen molar-refractivity contribution in [2.24, 2.45) is 0 Å². The summed E-state index contributed by atoms with van der Waals surface area (Å²) in [7, 11) is 0. The SMILES string of the molecule is O=[N+]([O-])c1cc(Cl)cnc1NCC1CCCN1. The number of rotatable bonds is 4. The van der Waals surface area contributed by atoms with E-state index in [1.165, 1.54) is 12.3 Å². The van der Waals surface area contributed by atoms with Gasteiger partial charge in [-0.25, -0.2) is 4.98 Å². The number of nitro groups is 1. The molecule has 0 bridgehead atoms. The lowest BCUT2D eigenvalue weighted by Crippen LogP contribution is -2.29. The first-order chi connectivity index (χ1) is 8.16. The summed E-state index contributed by atoms with van der Waals surface area (Å²) in [4.78, 5) is 14.3. The highest BCUT2D eigenvalue weighted by atomic mass is 35.5. The van der Waals surface area contributed by atoms with Gasteiger partial charge in [0.1, 0.15) is 0 Å². The van der Waals surface area contributed by atoms with Crippen LogP contribution in [0.5, 0.6) is 0 Å². The Labute approximate surface area is 104 Å². The third-order valence-electron chi connectivity index (χ3n) is 2.71. The van der Waals surface area contributed by atoms with E-state index in [0.29, 0.717) is 12.6 Å². The molecule has 1 unspecified atom stereocenters. The fourth-order valence-electron chi connectivity index (χ4n) is 1.85. The second kappa shape index (κ2) is 5.29. The summed E-state index contributed by atoms with van der Waals surface area (Å²) in [6.07, 6.45) is 3.62. The summed E-state index contributed by atoms with van der Waals surface area (Å²) in [5.74, 6) is 0.271. The highest BCUT2D eigenvalue weighted by molar-refractivity contribution is 6.30. The fourth-order valence-corrected chi connectivity index (χ4v) is 2.01. The molecule has 0 amide bonds. The molecular weight excluding hydrogens is 244 g/mol. The Morgan fingerprint density at radius 2 is 2.53 bits per heavy atom. The Morgan fingerprint density at radius 1 is 1.71 bits per heavy atom. The van der Waals surface area contributed by atoms with Crippen LogP contribution < -0.4 is 10.6 Å². The quantitative estimate of drug-likeness (QED) is 0.634. The van der Waals surface area contributed by atoms with Crippen LogP contribution in [0, 0.1) is 10.1 Å². The van der Waals surface area contributed by atoms with E-state index < -0.39 is 4.92 Å². The molecule has 0 saturated carbocycles. The van der Waals surface area contributed by atoms with Gasteiger partial charge in [0.05, 0.1) is 9.95 Å². The molecule has 0 aliphatic carbocycles. The average Bonchev–Trinajstić information content (AvgIpc) is 2.80. The monoisotopic (exact) mass is 256 g/mol. The van der Waals surface area contributed by atoms with Crippen LogP contribution in [0.25, 0.3) is 0 Å². The second-order valence-electron chi connectivity index (χ2n) is 3.95. The van der Waals surface area contributed by atoms with Crippen molar-refractivity contribution in [3.05, 3.63) is 27.4 Å².